The number of nitrogens with zero attached hydrogens (tertiary/aromatic N) is 5. The van der Waals surface area contributed by atoms with E-state index < -0.39 is 0 Å². The minimum Gasteiger partial charge on any atom is -0.496 e. The van der Waals surface area contributed by atoms with Crippen LogP contribution in [-0.2, 0) is 7.05 Å². The summed E-state index contributed by atoms with van der Waals surface area (Å²) in [7, 11) is 5.68. The van der Waals surface area contributed by atoms with Crippen LogP contribution in [0.5, 0.6) is 5.75 Å². The molecule has 8 heteroatoms. The predicted octanol–water partition coefficient (Wildman–Crippen LogP) is 3.13. The van der Waals surface area contributed by atoms with Crippen LogP contribution in [0.15, 0.2) is 23.0 Å². The third-order valence-electron chi connectivity index (χ3n) is 7.02. The normalized spacial score (nSPS) is 18.4. The Balaban J connectivity index is 1.53. The van der Waals surface area contributed by atoms with Crippen molar-refractivity contribution in [1.29, 1.82) is 0 Å². The molecule has 8 nitrogen and oxygen atoms in total. The van der Waals surface area contributed by atoms with Gasteiger partial charge in [0.05, 0.1) is 18.4 Å². The fourth-order valence-corrected chi connectivity index (χ4v) is 5.11. The molecule has 2 aliphatic rings. The minimum absolute atomic E-state index is 0.121. The molecular formula is C24H32N6O2. The van der Waals surface area contributed by atoms with E-state index in [2.05, 4.69) is 27.9 Å². The lowest BCUT2D eigenvalue weighted by molar-refractivity contribution is 0.312. The van der Waals surface area contributed by atoms with Crippen molar-refractivity contribution in [2.75, 3.05) is 45.2 Å². The van der Waals surface area contributed by atoms with Crippen molar-refractivity contribution in [3.63, 3.8) is 0 Å². The van der Waals surface area contributed by atoms with Crippen molar-refractivity contribution < 1.29 is 4.74 Å². The summed E-state index contributed by atoms with van der Waals surface area (Å²) in [6.45, 7) is 4.05. The number of aromatic nitrogens is 4. The number of aromatic amines is 1. The van der Waals surface area contributed by atoms with Crippen LogP contribution in [-0.4, -0.2) is 65.0 Å². The molecular weight excluding hydrogens is 404 g/mol. The molecule has 1 aliphatic carbocycles. The van der Waals surface area contributed by atoms with E-state index in [0.717, 1.165) is 56.0 Å². The lowest BCUT2D eigenvalue weighted by Crippen LogP contribution is -2.44. The van der Waals surface area contributed by atoms with E-state index in [1.165, 1.54) is 19.3 Å². The average Bonchev–Trinajstić information content (AvgIpc) is 3.16. The summed E-state index contributed by atoms with van der Waals surface area (Å²) in [6.07, 6.45) is 5.85. The zero-order valence-corrected chi connectivity index (χ0v) is 19.2. The van der Waals surface area contributed by atoms with E-state index in [9.17, 15) is 4.79 Å². The first-order valence-electron chi connectivity index (χ1n) is 11.6. The van der Waals surface area contributed by atoms with Crippen LogP contribution in [0, 0.1) is 0 Å². The molecule has 0 unspecified atom stereocenters. The molecule has 5 rings (SSSR count). The molecule has 1 saturated heterocycles. The number of piperazine rings is 1. The average molecular weight is 437 g/mol. The Morgan fingerprint density at radius 2 is 1.81 bits per heavy atom. The largest absolute Gasteiger partial charge is 0.496 e. The molecule has 170 valence electrons. The quantitative estimate of drug-likeness (QED) is 0.677. The number of likely N-dealkylation sites (N-methyl/N-ethyl adjacent to an activating group) is 1. The number of nitrogens with one attached hydrogen (secondary N) is 1. The topological polar surface area (TPSA) is 79.3 Å². The second-order valence-electron chi connectivity index (χ2n) is 9.13. The van der Waals surface area contributed by atoms with Gasteiger partial charge in [-0.05, 0) is 32.0 Å². The van der Waals surface area contributed by atoms with Gasteiger partial charge in [0.2, 0.25) is 0 Å². The van der Waals surface area contributed by atoms with E-state index >= 15 is 0 Å². The molecule has 32 heavy (non-hydrogen) atoms. The highest BCUT2D eigenvalue weighted by atomic mass is 16.5. The molecule has 0 spiro atoms. The van der Waals surface area contributed by atoms with Gasteiger partial charge < -0.3 is 19.5 Å². The van der Waals surface area contributed by atoms with E-state index in [1.54, 1.807) is 11.8 Å². The Labute approximate surface area is 188 Å². The summed E-state index contributed by atoms with van der Waals surface area (Å²) in [5, 5.41) is 5.36. The van der Waals surface area contributed by atoms with Crippen LogP contribution in [0.4, 0.5) is 5.69 Å². The van der Waals surface area contributed by atoms with E-state index in [4.69, 9.17) is 14.8 Å². The first-order valence-corrected chi connectivity index (χ1v) is 11.6. The fraction of sp³-hybridized carbons (Fsp3) is 0.542. The summed E-state index contributed by atoms with van der Waals surface area (Å²) in [5.41, 5.74) is 3.32. The Kier molecular flexibility index (Phi) is 5.63. The molecule has 2 fully saturated rings. The number of hydrogen-bond donors (Lipinski definition) is 1. The molecule has 0 bridgehead atoms. The Bertz CT molecular complexity index is 1170. The number of fused-ring (bicyclic) bond motifs is 1. The SMILES string of the molecule is COc1cc(N2CCN(C)CC2)ccc1-c1nc2c(c(C3CCCCC3)nn2C)c(=O)[nH]1. The lowest BCUT2D eigenvalue weighted by atomic mass is 9.86. The van der Waals surface area contributed by atoms with Crippen molar-refractivity contribution in [2.45, 2.75) is 38.0 Å². The number of H-pyrrole nitrogens is 1. The monoisotopic (exact) mass is 436 g/mol. The third-order valence-corrected chi connectivity index (χ3v) is 7.02. The van der Waals surface area contributed by atoms with Crippen LogP contribution in [0.3, 0.4) is 0 Å². The standard InChI is InChI=1S/C24H32N6O2/c1-28-11-13-30(14-12-28)17-9-10-18(19(15-17)32-3)22-25-23-20(24(31)26-22)21(27-29(23)2)16-7-5-4-6-8-16/h9-10,15-16H,4-8,11-14H2,1-3H3,(H,25,26,31). The molecule has 1 aromatic carbocycles. The predicted molar refractivity (Wildman–Crippen MR) is 127 cm³/mol. The highest BCUT2D eigenvalue weighted by Gasteiger charge is 2.25. The zero-order valence-electron chi connectivity index (χ0n) is 19.2. The lowest BCUT2D eigenvalue weighted by Gasteiger charge is -2.34. The van der Waals surface area contributed by atoms with Crippen LogP contribution in [0.1, 0.15) is 43.7 Å². The minimum atomic E-state index is -0.121. The molecule has 1 N–H and O–H groups in total. The van der Waals surface area contributed by atoms with Crippen molar-refractivity contribution >= 4 is 16.7 Å². The van der Waals surface area contributed by atoms with Gasteiger partial charge >= 0.3 is 0 Å². The van der Waals surface area contributed by atoms with Crippen LogP contribution >= 0.6 is 0 Å². The molecule has 0 atom stereocenters. The van der Waals surface area contributed by atoms with E-state index in [0.29, 0.717) is 28.5 Å². The van der Waals surface area contributed by atoms with Gasteiger partial charge in [-0.25, -0.2) is 9.67 Å². The molecule has 0 amide bonds. The van der Waals surface area contributed by atoms with Gasteiger partial charge in [-0.15, -0.1) is 0 Å². The first-order chi connectivity index (χ1) is 15.5. The highest BCUT2D eigenvalue weighted by molar-refractivity contribution is 5.81. The third kappa shape index (κ3) is 3.77. The second-order valence-corrected chi connectivity index (χ2v) is 9.13. The molecule has 3 heterocycles. The molecule has 1 aliphatic heterocycles. The van der Waals surface area contributed by atoms with Crippen LogP contribution in [0.2, 0.25) is 0 Å². The van der Waals surface area contributed by atoms with Gasteiger partial charge in [-0.1, -0.05) is 19.3 Å². The maximum atomic E-state index is 13.2. The van der Waals surface area contributed by atoms with Gasteiger partial charge in [0.1, 0.15) is 17.0 Å². The summed E-state index contributed by atoms with van der Waals surface area (Å²) < 4.78 is 7.47. The Morgan fingerprint density at radius 3 is 2.53 bits per heavy atom. The smallest absolute Gasteiger partial charge is 0.262 e. The summed E-state index contributed by atoms with van der Waals surface area (Å²) in [6, 6.07) is 6.13. The number of hydrogen-bond acceptors (Lipinski definition) is 6. The highest BCUT2D eigenvalue weighted by Crippen LogP contribution is 2.36. The molecule has 2 aromatic heterocycles. The number of rotatable bonds is 4. The van der Waals surface area contributed by atoms with Crippen molar-refractivity contribution in [1.82, 2.24) is 24.6 Å². The van der Waals surface area contributed by atoms with Crippen molar-refractivity contribution in [3.8, 4) is 17.1 Å². The van der Waals surface area contributed by atoms with Gasteiger partial charge in [-0.2, -0.15) is 5.10 Å². The van der Waals surface area contributed by atoms with E-state index in [1.807, 2.05) is 19.2 Å². The molecule has 3 aromatic rings. The Hall–Kier alpha value is -2.87. The number of anilines is 1. The second kappa shape index (κ2) is 8.58. The number of benzene rings is 1. The maximum absolute atomic E-state index is 13.2. The van der Waals surface area contributed by atoms with Gasteiger partial charge in [-0.3, -0.25) is 4.79 Å². The summed E-state index contributed by atoms with van der Waals surface area (Å²) in [5.74, 6) is 1.57. The molecule has 1 saturated carbocycles. The maximum Gasteiger partial charge on any atom is 0.262 e. The van der Waals surface area contributed by atoms with Gasteiger partial charge in [0.25, 0.3) is 5.56 Å². The van der Waals surface area contributed by atoms with E-state index in [-0.39, 0.29) is 5.56 Å². The fourth-order valence-electron chi connectivity index (χ4n) is 5.11. The number of methoxy groups -OCH3 is 1. The first kappa shape index (κ1) is 21.0. The summed E-state index contributed by atoms with van der Waals surface area (Å²) >= 11 is 0. The summed E-state index contributed by atoms with van der Waals surface area (Å²) in [4.78, 5) is 25.7. The zero-order chi connectivity index (χ0) is 22.2. The Morgan fingerprint density at radius 1 is 1.06 bits per heavy atom. The van der Waals surface area contributed by atoms with Crippen molar-refractivity contribution in [3.05, 3.63) is 34.2 Å². The molecule has 0 radical (unpaired) electrons. The van der Waals surface area contributed by atoms with Crippen molar-refractivity contribution in [2.24, 2.45) is 7.05 Å². The van der Waals surface area contributed by atoms with Gasteiger partial charge in [0, 0.05) is 50.9 Å². The number of ether oxygens (including phenoxy) is 1. The van der Waals surface area contributed by atoms with Gasteiger partial charge in [0.15, 0.2) is 5.65 Å². The number of aryl methyl sites for hydroxylation is 1. The van der Waals surface area contributed by atoms with Crippen LogP contribution < -0.4 is 15.2 Å². The van der Waals surface area contributed by atoms with Crippen LogP contribution in [0.25, 0.3) is 22.4 Å².